The topological polar surface area (TPSA) is 61.8 Å². The number of nitrogens with zero attached hydrogens (tertiary/aromatic N) is 2. The molecular formula is C25H23N3O2. The summed E-state index contributed by atoms with van der Waals surface area (Å²) in [6, 6.07) is 21.0. The second-order valence-corrected chi connectivity index (χ2v) is 7.57. The molecule has 30 heavy (non-hydrogen) atoms. The Balaban J connectivity index is 1.63. The first-order valence-corrected chi connectivity index (χ1v) is 9.86. The van der Waals surface area contributed by atoms with E-state index in [0.29, 0.717) is 17.1 Å². The van der Waals surface area contributed by atoms with Crippen LogP contribution in [-0.4, -0.2) is 24.1 Å². The summed E-state index contributed by atoms with van der Waals surface area (Å²) >= 11 is 0. The number of aliphatic imine (C=N–C) groups is 1. The molecule has 1 aliphatic heterocycles. The van der Waals surface area contributed by atoms with Crippen molar-refractivity contribution in [2.45, 2.75) is 20.8 Å². The van der Waals surface area contributed by atoms with Crippen LogP contribution in [0.25, 0.3) is 0 Å². The van der Waals surface area contributed by atoms with Gasteiger partial charge in [-0.1, -0.05) is 48.0 Å². The SMILES string of the molecule is Cc1ccc(NC(=O)CN2C(=O)C(=Nc3cc(C)ccc3C)c3ccccc32)cc1. The molecule has 0 saturated carbocycles. The van der Waals surface area contributed by atoms with Gasteiger partial charge in [0.25, 0.3) is 5.91 Å². The molecule has 0 aliphatic carbocycles. The van der Waals surface area contributed by atoms with Gasteiger partial charge < -0.3 is 5.32 Å². The van der Waals surface area contributed by atoms with Crippen molar-refractivity contribution in [3.05, 3.63) is 89.0 Å². The second kappa shape index (κ2) is 7.95. The van der Waals surface area contributed by atoms with Crippen molar-refractivity contribution >= 4 is 34.6 Å². The van der Waals surface area contributed by atoms with Crippen molar-refractivity contribution in [3.8, 4) is 0 Å². The predicted octanol–water partition coefficient (Wildman–Crippen LogP) is 4.72. The molecule has 5 nitrogen and oxygen atoms in total. The van der Waals surface area contributed by atoms with Crippen molar-refractivity contribution in [1.29, 1.82) is 0 Å². The number of fused-ring (bicyclic) bond motifs is 1. The summed E-state index contributed by atoms with van der Waals surface area (Å²) in [5, 5.41) is 2.86. The highest BCUT2D eigenvalue weighted by molar-refractivity contribution is 6.55. The molecule has 2 amide bonds. The Kier molecular flexibility index (Phi) is 5.19. The number of rotatable bonds is 4. The van der Waals surface area contributed by atoms with Crippen LogP contribution in [-0.2, 0) is 9.59 Å². The maximum absolute atomic E-state index is 13.2. The van der Waals surface area contributed by atoms with Crippen LogP contribution in [0.4, 0.5) is 17.1 Å². The average Bonchev–Trinajstić information content (AvgIpc) is 2.98. The lowest BCUT2D eigenvalue weighted by atomic mass is 10.1. The standard InChI is InChI=1S/C25H23N3O2/c1-16-9-12-19(13-10-16)26-23(29)15-28-22-7-5-4-6-20(22)24(25(28)30)27-21-14-17(2)8-11-18(21)3/h4-14H,15H2,1-3H3,(H,26,29). The molecule has 1 aliphatic rings. The van der Waals surface area contributed by atoms with E-state index < -0.39 is 0 Å². The molecule has 1 N–H and O–H groups in total. The highest BCUT2D eigenvalue weighted by Gasteiger charge is 2.35. The third-order valence-corrected chi connectivity index (χ3v) is 5.13. The zero-order chi connectivity index (χ0) is 21.3. The summed E-state index contributed by atoms with van der Waals surface area (Å²) in [6.07, 6.45) is 0. The molecule has 4 rings (SSSR count). The van der Waals surface area contributed by atoms with Gasteiger partial charge in [-0.05, 0) is 56.2 Å². The highest BCUT2D eigenvalue weighted by atomic mass is 16.2. The maximum atomic E-state index is 13.2. The van der Waals surface area contributed by atoms with Gasteiger partial charge in [0.15, 0.2) is 0 Å². The summed E-state index contributed by atoms with van der Waals surface area (Å²) in [5.41, 5.74) is 6.46. The Morgan fingerprint density at radius 1 is 0.933 bits per heavy atom. The number of nitrogens with one attached hydrogen (secondary N) is 1. The first-order chi connectivity index (χ1) is 14.4. The van der Waals surface area contributed by atoms with Gasteiger partial charge in [0.05, 0.1) is 11.4 Å². The Bertz CT molecular complexity index is 1160. The lowest BCUT2D eigenvalue weighted by molar-refractivity contribution is -0.118. The van der Waals surface area contributed by atoms with E-state index >= 15 is 0 Å². The Hall–Kier alpha value is -3.73. The van der Waals surface area contributed by atoms with Crippen molar-refractivity contribution in [3.63, 3.8) is 0 Å². The summed E-state index contributed by atoms with van der Waals surface area (Å²) in [4.78, 5) is 32.0. The summed E-state index contributed by atoms with van der Waals surface area (Å²) in [6.45, 7) is 5.88. The lowest BCUT2D eigenvalue weighted by Crippen LogP contribution is -2.37. The van der Waals surface area contributed by atoms with Crippen LogP contribution in [0.3, 0.4) is 0 Å². The normalized spacial score (nSPS) is 14.2. The third kappa shape index (κ3) is 3.87. The van der Waals surface area contributed by atoms with Crippen molar-refractivity contribution in [2.24, 2.45) is 4.99 Å². The number of carbonyl (C=O) groups is 2. The molecule has 0 aromatic heterocycles. The molecule has 0 radical (unpaired) electrons. The average molecular weight is 397 g/mol. The van der Waals surface area contributed by atoms with E-state index in [1.807, 2.05) is 87.5 Å². The zero-order valence-corrected chi connectivity index (χ0v) is 17.3. The van der Waals surface area contributed by atoms with Crippen LogP contribution in [0.1, 0.15) is 22.3 Å². The van der Waals surface area contributed by atoms with Crippen LogP contribution in [0, 0.1) is 20.8 Å². The van der Waals surface area contributed by atoms with Gasteiger partial charge in [-0.2, -0.15) is 0 Å². The van der Waals surface area contributed by atoms with E-state index in [0.717, 1.165) is 27.9 Å². The fourth-order valence-electron chi connectivity index (χ4n) is 3.47. The third-order valence-electron chi connectivity index (χ3n) is 5.13. The van der Waals surface area contributed by atoms with E-state index in [9.17, 15) is 9.59 Å². The Morgan fingerprint density at radius 3 is 2.40 bits per heavy atom. The largest absolute Gasteiger partial charge is 0.325 e. The van der Waals surface area contributed by atoms with Gasteiger partial charge in [0.1, 0.15) is 12.3 Å². The number of anilines is 2. The molecule has 0 saturated heterocycles. The number of amides is 2. The molecule has 5 heteroatoms. The number of hydrogen-bond donors (Lipinski definition) is 1. The van der Waals surface area contributed by atoms with Gasteiger partial charge in [-0.25, -0.2) is 4.99 Å². The van der Waals surface area contributed by atoms with Gasteiger partial charge in [-0.3, -0.25) is 14.5 Å². The molecule has 3 aromatic rings. The van der Waals surface area contributed by atoms with E-state index in [4.69, 9.17) is 0 Å². The molecule has 0 atom stereocenters. The minimum Gasteiger partial charge on any atom is -0.325 e. The van der Waals surface area contributed by atoms with Crippen LogP contribution in [0.15, 0.2) is 71.7 Å². The number of hydrogen-bond acceptors (Lipinski definition) is 3. The quantitative estimate of drug-likeness (QED) is 0.693. The Labute approximate surface area is 176 Å². The van der Waals surface area contributed by atoms with Crippen molar-refractivity contribution in [2.75, 3.05) is 16.8 Å². The first kappa shape index (κ1) is 19.6. The molecule has 1 heterocycles. The zero-order valence-electron chi connectivity index (χ0n) is 17.3. The Morgan fingerprint density at radius 2 is 1.63 bits per heavy atom. The van der Waals surface area contributed by atoms with Crippen molar-refractivity contribution < 1.29 is 9.59 Å². The molecular weight excluding hydrogens is 374 g/mol. The van der Waals surface area contributed by atoms with Gasteiger partial charge in [0, 0.05) is 11.3 Å². The first-order valence-electron chi connectivity index (χ1n) is 9.86. The molecule has 0 bridgehead atoms. The van der Waals surface area contributed by atoms with E-state index in [1.165, 1.54) is 4.90 Å². The number of para-hydroxylation sites is 1. The van der Waals surface area contributed by atoms with Crippen LogP contribution in [0.5, 0.6) is 0 Å². The van der Waals surface area contributed by atoms with E-state index in [-0.39, 0.29) is 18.4 Å². The number of aryl methyl sites for hydroxylation is 3. The minimum absolute atomic E-state index is 0.0739. The van der Waals surface area contributed by atoms with Gasteiger partial charge >= 0.3 is 0 Å². The number of benzene rings is 3. The molecule has 150 valence electrons. The summed E-state index contributed by atoms with van der Waals surface area (Å²) in [5.74, 6) is -0.522. The fraction of sp³-hybridized carbons (Fsp3) is 0.160. The predicted molar refractivity (Wildman–Crippen MR) is 121 cm³/mol. The fourth-order valence-corrected chi connectivity index (χ4v) is 3.47. The van der Waals surface area contributed by atoms with Crippen LogP contribution >= 0.6 is 0 Å². The van der Waals surface area contributed by atoms with E-state index in [1.54, 1.807) is 0 Å². The molecule has 3 aromatic carbocycles. The van der Waals surface area contributed by atoms with E-state index in [2.05, 4.69) is 10.3 Å². The lowest BCUT2D eigenvalue weighted by Gasteiger charge is -2.16. The smallest absolute Gasteiger partial charge is 0.278 e. The van der Waals surface area contributed by atoms with Crippen molar-refractivity contribution in [1.82, 2.24) is 0 Å². The monoisotopic (exact) mass is 397 g/mol. The molecule has 0 unspecified atom stereocenters. The summed E-state index contributed by atoms with van der Waals surface area (Å²) < 4.78 is 0. The molecule has 0 spiro atoms. The van der Waals surface area contributed by atoms with Crippen LogP contribution < -0.4 is 10.2 Å². The molecule has 0 fully saturated rings. The minimum atomic E-state index is -0.267. The van der Waals surface area contributed by atoms with Crippen LogP contribution in [0.2, 0.25) is 0 Å². The second-order valence-electron chi connectivity index (χ2n) is 7.57. The maximum Gasteiger partial charge on any atom is 0.278 e. The van der Waals surface area contributed by atoms with Gasteiger partial charge in [-0.15, -0.1) is 0 Å². The van der Waals surface area contributed by atoms with Gasteiger partial charge in [0.2, 0.25) is 5.91 Å². The highest BCUT2D eigenvalue weighted by Crippen LogP contribution is 2.31. The number of carbonyl (C=O) groups excluding carboxylic acids is 2. The summed E-state index contributed by atoms with van der Waals surface area (Å²) in [7, 11) is 0.